The average Bonchev–Trinajstić information content (AvgIpc) is 3.13. The van der Waals surface area contributed by atoms with Gasteiger partial charge in [0.1, 0.15) is 18.1 Å². The van der Waals surface area contributed by atoms with E-state index >= 15 is 0 Å². The smallest absolute Gasteiger partial charge is 0.274 e. The van der Waals surface area contributed by atoms with E-state index in [2.05, 4.69) is 21.6 Å². The molecular weight excluding hydrogens is 344 g/mol. The Morgan fingerprint density at radius 2 is 1.89 bits per heavy atom. The molecule has 0 fully saturated rings. The minimum atomic E-state index is -0.297. The number of nitrogens with zero attached hydrogens (tertiary/aromatic N) is 3. The molecule has 3 aromatic rings. The van der Waals surface area contributed by atoms with Gasteiger partial charge in [-0.2, -0.15) is 5.10 Å². The number of nitrogens with one attached hydrogen (secondary N) is 1. The van der Waals surface area contributed by atoms with Crippen molar-refractivity contribution in [2.75, 3.05) is 0 Å². The van der Waals surface area contributed by atoms with Crippen LogP contribution in [0.5, 0.6) is 5.75 Å². The van der Waals surface area contributed by atoms with E-state index < -0.39 is 0 Å². The van der Waals surface area contributed by atoms with E-state index in [1.54, 1.807) is 17.8 Å². The molecule has 1 amide bonds. The molecule has 7 heteroatoms. The van der Waals surface area contributed by atoms with Crippen LogP contribution in [0.15, 0.2) is 28.9 Å². The van der Waals surface area contributed by atoms with Gasteiger partial charge in [-0.3, -0.25) is 9.48 Å². The number of aromatic nitrogens is 3. The van der Waals surface area contributed by atoms with E-state index in [1.165, 1.54) is 0 Å². The zero-order chi connectivity index (χ0) is 19.6. The van der Waals surface area contributed by atoms with Crippen LogP contribution in [-0.4, -0.2) is 20.8 Å². The Labute approximate surface area is 158 Å². The van der Waals surface area contributed by atoms with Gasteiger partial charge in [-0.15, -0.1) is 0 Å². The number of benzene rings is 1. The highest BCUT2D eigenvalue weighted by molar-refractivity contribution is 5.93. The van der Waals surface area contributed by atoms with Gasteiger partial charge in [0.05, 0.1) is 11.8 Å². The average molecular weight is 368 g/mol. The molecule has 0 bridgehead atoms. The van der Waals surface area contributed by atoms with Gasteiger partial charge in [0.25, 0.3) is 5.91 Å². The van der Waals surface area contributed by atoms with Gasteiger partial charge in [-0.1, -0.05) is 11.2 Å². The fourth-order valence-electron chi connectivity index (χ4n) is 2.89. The second-order valence-corrected chi connectivity index (χ2v) is 6.74. The summed E-state index contributed by atoms with van der Waals surface area (Å²) in [6, 6.07) is 6.00. The standard InChI is InChI=1S/C20H24N4O3/c1-12-6-13(2)8-17(7-12)26-11-18-15(4)27-23-19(18)20(25)21-9-16-10-22-24(5)14(16)3/h6-8,10H,9,11H2,1-5H3,(H,21,25). The van der Waals surface area contributed by atoms with Crippen LogP contribution in [0.3, 0.4) is 0 Å². The molecule has 0 atom stereocenters. The normalized spacial score (nSPS) is 10.9. The van der Waals surface area contributed by atoms with Gasteiger partial charge in [0.2, 0.25) is 0 Å². The highest BCUT2D eigenvalue weighted by Crippen LogP contribution is 2.20. The molecule has 0 aliphatic carbocycles. The maximum atomic E-state index is 12.6. The van der Waals surface area contributed by atoms with E-state index in [0.29, 0.717) is 17.9 Å². The summed E-state index contributed by atoms with van der Waals surface area (Å²) in [5.74, 6) is 1.03. The van der Waals surface area contributed by atoms with Crippen molar-refractivity contribution in [1.82, 2.24) is 20.3 Å². The molecule has 2 aromatic heterocycles. The SMILES string of the molecule is Cc1cc(C)cc(OCc2c(C(=O)NCc3cnn(C)c3C)noc2C)c1. The molecule has 7 nitrogen and oxygen atoms in total. The summed E-state index contributed by atoms with van der Waals surface area (Å²) < 4.78 is 12.9. The highest BCUT2D eigenvalue weighted by Gasteiger charge is 2.20. The van der Waals surface area contributed by atoms with Gasteiger partial charge < -0.3 is 14.6 Å². The minimum absolute atomic E-state index is 0.215. The van der Waals surface area contributed by atoms with Crippen molar-refractivity contribution in [3.63, 3.8) is 0 Å². The summed E-state index contributed by atoms with van der Waals surface area (Å²) in [6.07, 6.45) is 1.74. The molecule has 0 spiro atoms. The maximum Gasteiger partial charge on any atom is 0.274 e. The third-order valence-corrected chi connectivity index (χ3v) is 4.55. The van der Waals surface area contributed by atoms with Gasteiger partial charge in [0.15, 0.2) is 5.69 Å². The Kier molecular flexibility index (Phi) is 5.30. The van der Waals surface area contributed by atoms with Crippen LogP contribution in [0.25, 0.3) is 0 Å². The Bertz CT molecular complexity index is 952. The molecule has 0 aliphatic rings. The number of hydrogen-bond acceptors (Lipinski definition) is 5. The fraction of sp³-hybridized carbons (Fsp3) is 0.350. The second kappa shape index (κ2) is 7.65. The first-order valence-electron chi connectivity index (χ1n) is 8.77. The number of hydrogen-bond donors (Lipinski definition) is 1. The molecule has 0 aliphatic heterocycles. The number of ether oxygens (including phenoxy) is 1. The first-order chi connectivity index (χ1) is 12.8. The van der Waals surface area contributed by atoms with Crippen molar-refractivity contribution in [3.05, 3.63) is 63.8 Å². The predicted octanol–water partition coefficient (Wildman–Crippen LogP) is 3.15. The molecule has 2 heterocycles. The Morgan fingerprint density at radius 3 is 2.52 bits per heavy atom. The van der Waals surface area contributed by atoms with Crippen LogP contribution in [0.4, 0.5) is 0 Å². The van der Waals surface area contributed by atoms with E-state index in [4.69, 9.17) is 9.26 Å². The quantitative estimate of drug-likeness (QED) is 0.723. The number of carbonyl (C=O) groups excluding carboxylic acids is 1. The van der Waals surface area contributed by atoms with Crippen LogP contribution in [0.2, 0.25) is 0 Å². The third kappa shape index (κ3) is 4.19. The molecular formula is C20H24N4O3. The van der Waals surface area contributed by atoms with Crippen LogP contribution in [0.1, 0.15) is 44.2 Å². The molecule has 142 valence electrons. The summed E-state index contributed by atoms with van der Waals surface area (Å²) in [5, 5.41) is 11.0. The van der Waals surface area contributed by atoms with Crippen LogP contribution < -0.4 is 10.1 Å². The first-order valence-corrected chi connectivity index (χ1v) is 8.77. The lowest BCUT2D eigenvalue weighted by molar-refractivity contribution is 0.0939. The van der Waals surface area contributed by atoms with Crippen LogP contribution in [0, 0.1) is 27.7 Å². The van der Waals surface area contributed by atoms with Crippen molar-refractivity contribution in [3.8, 4) is 5.75 Å². The topological polar surface area (TPSA) is 82.2 Å². The Morgan fingerprint density at radius 1 is 1.19 bits per heavy atom. The van der Waals surface area contributed by atoms with E-state index in [9.17, 15) is 4.79 Å². The van der Waals surface area contributed by atoms with Gasteiger partial charge in [-0.25, -0.2) is 0 Å². The van der Waals surface area contributed by atoms with E-state index in [0.717, 1.165) is 28.1 Å². The van der Waals surface area contributed by atoms with Crippen molar-refractivity contribution in [2.24, 2.45) is 7.05 Å². The zero-order valence-corrected chi connectivity index (χ0v) is 16.3. The lowest BCUT2D eigenvalue weighted by Gasteiger charge is -2.09. The molecule has 1 aromatic carbocycles. The third-order valence-electron chi connectivity index (χ3n) is 4.55. The molecule has 3 rings (SSSR count). The molecule has 0 saturated heterocycles. The van der Waals surface area contributed by atoms with Crippen molar-refractivity contribution in [2.45, 2.75) is 40.8 Å². The van der Waals surface area contributed by atoms with E-state index in [1.807, 2.05) is 40.0 Å². The maximum absolute atomic E-state index is 12.6. The van der Waals surface area contributed by atoms with Crippen LogP contribution >= 0.6 is 0 Å². The number of aryl methyl sites for hydroxylation is 4. The van der Waals surface area contributed by atoms with E-state index in [-0.39, 0.29) is 18.2 Å². The van der Waals surface area contributed by atoms with Crippen molar-refractivity contribution >= 4 is 5.91 Å². The van der Waals surface area contributed by atoms with Gasteiger partial charge in [-0.05, 0) is 51.0 Å². The first kappa shape index (κ1) is 18.7. The Hall–Kier alpha value is -3.09. The molecule has 1 N–H and O–H groups in total. The second-order valence-electron chi connectivity index (χ2n) is 6.74. The summed E-state index contributed by atoms with van der Waals surface area (Å²) in [5.41, 5.74) is 5.10. The molecule has 0 unspecified atom stereocenters. The molecule has 0 radical (unpaired) electrons. The monoisotopic (exact) mass is 368 g/mol. The van der Waals surface area contributed by atoms with Crippen molar-refractivity contribution < 1.29 is 14.1 Å². The Balaban J connectivity index is 1.69. The summed E-state index contributed by atoms with van der Waals surface area (Å²) in [6.45, 7) is 8.36. The van der Waals surface area contributed by atoms with Crippen LogP contribution in [-0.2, 0) is 20.2 Å². The van der Waals surface area contributed by atoms with Crippen molar-refractivity contribution in [1.29, 1.82) is 0 Å². The summed E-state index contributed by atoms with van der Waals surface area (Å²) >= 11 is 0. The number of amides is 1. The summed E-state index contributed by atoms with van der Waals surface area (Å²) in [4.78, 5) is 12.6. The van der Waals surface area contributed by atoms with Gasteiger partial charge >= 0.3 is 0 Å². The zero-order valence-electron chi connectivity index (χ0n) is 16.3. The van der Waals surface area contributed by atoms with Gasteiger partial charge in [0, 0.05) is 24.8 Å². The lowest BCUT2D eigenvalue weighted by Crippen LogP contribution is -2.24. The fourth-order valence-corrected chi connectivity index (χ4v) is 2.89. The molecule has 27 heavy (non-hydrogen) atoms. The lowest BCUT2D eigenvalue weighted by atomic mass is 10.1. The highest BCUT2D eigenvalue weighted by atomic mass is 16.5. The largest absolute Gasteiger partial charge is 0.489 e. The summed E-state index contributed by atoms with van der Waals surface area (Å²) in [7, 11) is 1.87. The minimum Gasteiger partial charge on any atom is -0.489 e. The predicted molar refractivity (Wildman–Crippen MR) is 101 cm³/mol. The number of rotatable bonds is 6. The number of carbonyl (C=O) groups is 1. The molecule has 0 saturated carbocycles.